The van der Waals surface area contributed by atoms with Gasteiger partial charge in [0.15, 0.2) is 11.0 Å². The summed E-state index contributed by atoms with van der Waals surface area (Å²) in [6, 6.07) is 23.2. The lowest BCUT2D eigenvalue weighted by Crippen LogP contribution is -2.34. The molecule has 0 bridgehead atoms. The van der Waals surface area contributed by atoms with Crippen LogP contribution in [0.1, 0.15) is 12.5 Å². The van der Waals surface area contributed by atoms with Gasteiger partial charge >= 0.3 is 0 Å². The van der Waals surface area contributed by atoms with Gasteiger partial charge in [0.25, 0.3) is 0 Å². The Balaban J connectivity index is 1.43. The van der Waals surface area contributed by atoms with Crippen molar-refractivity contribution in [1.29, 1.82) is 0 Å². The molecular formula is C26H24FN5O2S. The van der Waals surface area contributed by atoms with Crippen molar-refractivity contribution < 1.29 is 14.0 Å². The van der Waals surface area contributed by atoms with Crippen LogP contribution >= 0.6 is 11.8 Å². The molecule has 0 saturated carbocycles. The minimum absolute atomic E-state index is 0.0149. The molecule has 35 heavy (non-hydrogen) atoms. The average molecular weight is 490 g/mol. The van der Waals surface area contributed by atoms with Gasteiger partial charge in [-0.15, -0.1) is 10.2 Å². The zero-order valence-corrected chi connectivity index (χ0v) is 19.9. The van der Waals surface area contributed by atoms with E-state index in [4.69, 9.17) is 0 Å². The van der Waals surface area contributed by atoms with Gasteiger partial charge in [-0.2, -0.15) is 0 Å². The second-order valence-electron chi connectivity index (χ2n) is 7.58. The second-order valence-corrected chi connectivity index (χ2v) is 8.52. The van der Waals surface area contributed by atoms with Crippen LogP contribution < -0.4 is 10.6 Å². The summed E-state index contributed by atoms with van der Waals surface area (Å²) in [4.78, 5) is 24.7. The lowest BCUT2D eigenvalue weighted by Gasteiger charge is -2.11. The Labute approximate surface area is 206 Å². The standard InChI is InChI=1S/C26H24FN5O2S/c1-2-18-10-6-9-15-22(18)29-23(33)16-28-24(34)17-35-26-31-30-25(20-13-7-8-14-21(20)27)32(26)19-11-4-3-5-12-19/h3-15H,2,16-17H2,1H3,(H,28,34)(H,29,33). The third-order valence-corrected chi connectivity index (χ3v) is 6.14. The summed E-state index contributed by atoms with van der Waals surface area (Å²) in [5.41, 5.74) is 2.81. The van der Waals surface area contributed by atoms with Crippen LogP contribution in [0.15, 0.2) is 84.0 Å². The highest BCUT2D eigenvalue weighted by Gasteiger charge is 2.19. The first kappa shape index (κ1) is 24.2. The molecule has 1 heterocycles. The molecule has 4 rings (SSSR count). The van der Waals surface area contributed by atoms with Gasteiger partial charge in [0, 0.05) is 11.4 Å². The highest BCUT2D eigenvalue weighted by atomic mass is 32.2. The smallest absolute Gasteiger partial charge is 0.243 e. The molecule has 0 saturated heterocycles. The molecule has 4 aromatic rings. The lowest BCUT2D eigenvalue weighted by molar-refractivity contribution is -0.122. The molecule has 178 valence electrons. The number of amides is 2. The van der Waals surface area contributed by atoms with Crippen LogP contribution in [0.2, 0.25) is 0 Å². The largest absolute Gasteiger partial charge is 0.346 e. The summed E-state index contributed by atoms with van der Waals surface area (Å²) in [6.45, 7) is 1.86. The maximum absolute atomic E-state index is 14.5. The van der Waals surface area contributed by atoms with Gasteiger partial charge in [0.2, 0.25) is 11.8 Å². The van der Waals surface area contributed by atoms with Crippen LogP contribution in [0.3, 0.4) is 0 Å². The van der Waals surface area contributed by atoms with Crippen LogP contribution in [0.5, 0.6) is 0 Å². The van der Waals surface area contributed by atoms with E-state index < -0.39 is 5.82 Å². The summed E-state index contributed by atoms with van der Waals surface area (Å²) in [7, 11) is 0. The number of thioether (sulfide) groups is 1. The van der Waals surface area contributed by atoms with E-state index in [9.17, 15) is 14.0 Å². The van der Waals surface area contributed by atoms with Crippen LogP contribution in [-0.2, 0) is 16.0 Å². The number of nitrogens with zero attached hydrogens (tertiary/aromatic N) is 3. The SMILES string of the molecule is CCc1ccccc1NC(=O)CNC(=O)CSc1nnc(-c2ccccc2F)n1-c1ccccc1. The molecule has 2 N–H and O–H groups in total. The Morgan fingerprint density at radius 2 is 1.63 bits per heavy atom. The molecule has 0 unspecified atom stereocenters. The van der Waals surface area contributed by atoms with Crippen molar-refractivity contribution in [1.82, 2.24) is 20.1 Å². The fraction of sp³-hybridized carbons (Fsp3) is 0.154. The molecule has 3 aromatic carbocycles. The van der Waals surface area contributed by atoms with E-state index in [1.54, 1.807) is 22.8 Å². The van der Waals surface area contributed by atoms with Gasteiger partial charge in [-0.05, 0) is 42.3 Å². The third-order valence-electron chi connectivity index (χ3n) is 5.21. The molecule has 0 aliphatic rings. The van der Waals surface area contributed by atoms with Gasteiger partial charge in [-0.1, -0.05) is 67.2 Å². The van der Waals surface area contributed by atoms with Crippen molar-refractivity contribution in [2.45, 2.75) is 18.5 Å². The topological polar surface area (TPSA) is 88.9 Å². The number of anilines is 1. The zero-order chi connectivity index (χ0) is 24.6. The number of para-hydroxylation sites is 2. The molecular weight excluding hydrogens is 465 g/mol. The van der Waals surface area contributed by atoms with E-state index in [1.165, 1.54) is 6.07 Å². The van der Waals surface area contributed by atoms with E-state index in [0.29, 0.717) is 16.5 Å². The second kappa shape index (κ2) is 11.4. The molecule has 9 heteroatoms. The normalized spacial score (nSPS) is 10.7. The number of carbonyl (C=O) groups is 2. The molecule has 0 radical (unpaired) electrons. The number of nitrogens with one attached hydrogen (secondary N) is 2. The van der Waals surface area contributed by atoms with Crippen molar-refractivity contribution >= 4 is 29.3 Å². The van der Waals surface area contributed by atoms with Crippen molar-refractivity contribution in [3.63, 3.8) is 0 Å². The van der Waals surface area contributed by atoms with Crippen LogP contribution in [0.25, 0.3) is 17.1 Å². The Morgan fingerprint density at radius 1 is 0.914 bits per heavy atom. The Hall–Kier alpha value is -3.98. The third kappa shape index (κ3) is 5.93. The highest BCUT2D eigenvalue weighted by molar-refractivity contribution is 7.99. The number of carbonyl (C=O) groups excluding carboxylic acids is 2. The molecule has 0 atom stereocenters. The summed E-state index contributed by atoms with van der Waals surface area (Å²) < 4.78 is 16.2. The summed E-state index contributed by atoms with van der Waals surface area (Å²) in [5, 5.41) is 14.3. The Bertz CT molecular complexity index is 1330. The molecule has 1 aromatic heterocycles. The van der Waals surface area contributed by atoms with Gasteiger partial charge in [0.05, 0.1) is 17.9 Å². The first-order valence-electron chi connectivity index (χ1n) is 11.1. The van der Waals surface area contributed by atoms with Gasteiger partial charge < -0.3 is 10.6 Å². The fourth-order valence-electron chi connectivity index (χ4n) is 3.50. The average Bonchev–Trinajstić information content (AvgIpc) is 3.31. The minimum atomic E-state index is -0.415. The van der Waals surface area contributed by atoms with E-state index >= 15 is 0 Å². The Morgan fingerprint density at radius 3 is 2.40 bits per heavy atom. The number of halogens is 1. The summed E-state index contributed by atoms with van der Waals surface area (Å²) in [5.74, 6) is -0.697. The number of rotatable bonds is 9. The fourth-order valence-corrected chi connectivity index (χ4v) is 4.28. The number of aromatic nitrogens is 3. The number of benzene rings is 3. The molecule has 7 nitrogen and oxygen atoms in total. The highest BCUT2D eigenvalue weighted by Crippen LogP contribution is 2.29. The molecule has 2 amide bonds. The number of aryl methyl sites for hydroxylation is 1. The van der Waals surface area contributed by atoms with E-state index in [1.807, 2.05) is 61.5 Å². The van der Waals surface area contributed by atoms with Crippen molar-refractivity contribution in [3.8, 4) is 17.1 Å². The first-order chi connectivity index (χ1) is 17.1. The van der Waals surface area contributed by atoms with Gasteiger partial charge in [-0.3, -0.25) is 14.2 Å². The first-order valence-corrected chi connectivity index (χ1v) is 12.1. The van der Waals surface area contributed by atoms with Crippen LogP contribution in [-0.4, -0.2) is 38.9 Å². The predicted molar refractivity (Wildman–Crippen MR) is 135 cm³/mol. The monoisotopic (exact) mass is 489 g/mol. The van der Waals surface area contributed by atoms with E-state index in [2.05, 4.69) is 20.8 Å². The molecule has 0 aliphatic carbocycles. The van der Waals surface area contributed by atoms with Crippen molar-refractivity contribution in [3.05, 3.63) is 90.2 Å². The van der Waals surface area contributed by atoms with Gasteiger partial charge in [-0.25, -0.2) is 4.39 Å². The molecule has 0 fully saturated rings. The molecule has 0 aliphatic heterocycles. The van der Waals surface area contributed by atoms with Crippen molar-refractivity contribution in [2.75, 3.05) is 17.6 Å². The Kier molecular flexibility index (Phi) is 7.89. The van der Waals surface area contributed by atoms with Crippen LogP contribution in [0.4, 0.5) is 10.1 Å². The van der Waals surface area contributed by atoms with E-state index in [0.717, 1.165) is 35.1 Å². The van der Waals surface area contributed by atoms with Gasteiger partial charge in [0.1, 0.15) is 5.82 Å². The minimum Gasteiger partial charge on any atom is -0.346 e. The van der Waals surface area contributed by atoms with Crippen molar-refractivity contribution in [2.24, 2.45) is 0 Å². The van der Waals surface area contributed by atoms with Crippen LogP contribution in [0, 0.1) is 5.82 Å². The maximum atomic E-state index is 14.5. The number of hydrogen-bond acceptors (Lipinski definition) is 5. The number of hydrogen-bond donors (Lipinski definition) is 2. The quantitative estimate of drug-likeness (QED) is 0.339. The summed E-state index contributed by atoms with van der Waals surface area (Å²) in [6.07, 6.45) is 0.788. The predicted octanol–water partition coefficient (Wildman–Crippen LogP) is 4.48. The maximum Gasteiger partial charge on any atom is 0.243 e. The van der Waals surface area contributed by atoms with E-state index in [-0.39, 0.29) is 24.1 Å². The molecule has 0 spiro atoms. The lowest BCUT2D eigenvalue weighted by atomic mass is 10.1. The summed E-state index contributed by atoms with van der Waals surface area (Å²) >= 11 is 1.16. The zero-order valence-electron chi connectivity index (χ0n) is 19.1.